The number of anilines is 1. The zero-order valence-electron chi connectivity index (χ0n) is 12.7. The fourth-order valence-electron chi connectivity index (χ4n) is 2.93. The topological polar surface area (TPSA) is 67.2 Å². The molecule has 21 heavy (non-hydrogen) atoms. The standard InChI is InChI=1S/C15H24ClN3O2/c1-10(2)8-19-15(21)14(16)13(7-18-19)17-6-11-4-3-5-12(11)9-20/h7,10-12,17,20H,3-6,8-9H2,1-2H3. The molecule has 0 aliphatic heterocycles. The number of hydrogen-bond acceptors (Lipinski definition) is 4. The average molecular weight is 314 g/mol. The molecule has 0 saturated heterocycles. The number of aromatic nitrogens is 2. The third-order valence-electron chi connectivity index (χ3n) is 4.13. The average Bonchev–Trinajstić information content (AvgIpc) is 2.90. The minimum Gasteiger partial charge on any atom is -0.396 e. The molecule has 1 aliphatic rings. The normalized spacial score (nSPS) is 22.0. The lowest BCUT2D eigenvalue weighted by Crippen LogP contribution is -2.27. The first kappa shape index (κ1) is 16.3. The fourth-order valence-corrected chi connectivity index (χ4v) is 3.14. The Hall–Kier alpha value is -1.07. The molecular weight excluding hydrogens is 290 g/mol. The minimum atomic E-state index is -0.250. The molecule has 2 unspecified atom stereocenters. The van der Waals surface area contributed by atoms with E-state index in [-0.39, 0.29) is 17.2 Å². The van der Waals surface area contributed by atoms with Crippen LogP contribution in [0.1, 0.15) is 33.1 Å². The van der Waals surface area contributed by atoms with E-state index in [1.165, 1.54) is 4.68 Å². The maximum absolute atomic E-state index is 12.1. The molecule has 1 heterocycles. The van der Waals surface area contributed by atoms with Gasteiger partial charge < -0.3 is 10.4 Å². The third-order valence-corrected chi connectivity index (χ3v) is 4.49. The first-order chi connectivity index (χ1) is 10.0. The Morgan fingerprint density at radius 1 is 1.48 bits per heavy atom. The van der Waals surface area contributed by atoms with Crippen LogP contribution >= 0.6 is 11.6 Å². The van der Waals surface area contributed by atoms with Crippen molar-refractivity contribution in [3.63, 3.8) is 0 Å². The first-order valence-corrected chi connectivity index (χ1v) is 8.01. The van der Waals surface area contributed by atoms with Crippen LogP contribution in [0.4, 0.5) is 5.69 Å². The van der Waals surface area contributed by atoms with E-state index in [0.29, 0.717) is 30.0 Å². The van der Waals surface area contributed by atoms with Gasteiger partial charge in [-0.3, -0.25) is 4.79 Å². The van der Waals surface area contributed by atoms with E-state index in [2.05, 4.69) is 10.4 Å². The predicted octanol–water partition coefficient (Wildman–Crippen LogP) is 2.37. The minimum absolute atomic E-state index is 0.198. The van der Waals surface area contributed by atoms with Gasteiger partial charge in [0.1, 0.15) is 5.02 Å². The summed E-state index contributed by atoms with van der Waals surface area (Å²) in [6, 6.07) is 0. The largest absolute Gasteiger partial charge is 0.396 e. The SMILES string of the molecule is CC(C)Cn1ncc(NCC2CCCC2CO)c(Cl)c1=O. The summed E-state index contributed by atoms with van der Waals surface area (Å²) in [5.74, 6) is 1.13. The molecule has 1 aromatic heterocycles. The second kappa shape index (κ2) is 7.27. The van der Waals surface area contributed by atoms with Gasteiger partial charge in [0.05, 0.1) is 11.9 Å². The van der Waals surface area contributed by atoms with E-state index in [0.717, 1.165) is 25.8 Å². The molecule has 2 rings (SSSR count). The summed E-state index contributed by atoms with van der Waals surface area (Å²) in [5.41, 5.74) is 0.339. The number of nitrogens with zero attached hydrogens (tertiary/aromatic N) is 2. The zero-order chi connectivity index (χ0) is 15.4. The van der Waals surface area contributed by atoms with Gasteiger partial charge in [0.15, 0.2) is 0 Å². The molecule has 0 spiro atoms. The molecule has 6 heteroatoms. The molecule has 1 fully saturated rings. The lowest BCUT2D eigenvalue weighted by Gasteiger charge is -2.19. The quantitative estimate of drug-likeness (QED) is 0.846. The lowest BCUT2D eigenvalue weighted by molar-refractivity contribution is 0.199. The van der Waals surface area contributed by atoms with Crippen molar-refractivity contribution in [1.29, 1.82) is 0 Å². The van der Waals surface area contributed by atoms with Gasteiger partial charge >= 0.3 is 0 Å². The van der Waals surface area contributed by atoms with Gasteiger partial charge in [0.2, 0.25) is 0 Å². The molecule has 0 aromatic carbocycles. The Bertz CT molecular complexity index is 530. The smallest absolute Gasteiger partial charge is 0.287 e. The van der Waals surface area contributed by atoms with Gasteiger partial charge in [-0.2, -0.15) is 5.10 Å². The molecule has 118 valence electrons. The second-order valence-electron chi connectivity index (χ2n) is 6.27. The van der Waals surface area contributed by atoms with Crippen molar-refractivity contribution in [2.45, 2.75) is 39.7 Å². The molecule has 0 radical (unpaired) electrons. The number of rotatable bonds is 6. The van der Waals surface area contributed by atoms with Crippen molar-refractivity contribution >= 4 is 17.3 Å². The Morgan fingerprint density at radius 2 is 2.19 bits per heavy atom. The van der Waals surface area contributed by atoms with Crippen LogP contribution in [0.25, 0.3) is 0 Å². The van der Waals surface area contributed by atoms with Crippen molar-refractivity contribution < 1.29 is 5.11 Å². The van der Waals surface area contributed by atoms with Crippen molar-refractivity contribution in [2.24, 2.45) is 17.8 Å². The van der Waals surface area contributed by atoms with Crippen molar-refractivity contribution in [3.8, 4) is 0 Å². The van der Waals surface area contributed by atoms with Crippen molar-refractivity contribution in [1.82, 2.24) is 9.78 Å². The van der Waals surface area contributed by atoms with Crippen LogP contribution < -0.4 is 10.9 Å². The van der Waals surface area contributed by atoms with Crippen LogP contribution in [0.15, 0.2) is 11.0 Å². The summed E-state index contributed by atoms with van der Waals surface area (Å²) in [5, 5.41) is 16.9. The van der Waals surface area contributed by atoms with Crippen LogP contribution in [0.2, 0.25) is 5.02 Å². The Morgan fingerprint density at radius 3 is 2.86 bits per heavy atom. The number of aliphatic hydroxyl groups excluding tert-OH is 1. The molecule has 0 amide bonds. The van der Waals surface area contributed by atoms with E-state index in [9.17, 15) is 9.90 Å². The summed E-state index contributed by atoms with van der Waals surface area (Å²) in [7, 11) is 0. The molecule has 5 nitrogen and oxygen atoms in total. The number of aliphatic hydroxyl groups is 1. The van der Waals surface area contributed by atoms with E-state index in [4.69, 9.17) is 11.6 Å². The number of halogens is 1. The highest BCUT2D eigenvalue weighted by atomic mass is 35.5. The molecule has 0 bridgehead atoms. The van der Waals surface area contributed by atoms with Gasteiger partial charge in [-0.1, -0.05) is 31.9 Å². The van der Waals surface area contributed by atoms with E-state index in [1.807, 2.05) is 13.8 Å². The Labute approximate surface area is 130 Å². The first-order valence-electron chi connectivity index (χ1n) is 7.63. The van der Waals surface area contributed by atoms with E-state index >= 15 is 0 Å². The molecular formula is C15H24ClN3O2. The number of nitrogens with one attached hydrogen (secondary N) is 1. The number of hydrogen-bond donors (Lipinski definition) is 2. The zero-order valence-corrected chi connectivity index (χ0v) is 13.4. The Kier molecular flexibility index (Phi) is 5.65. The fraction of sp³-hybridized carbons (Fsp3) is 0.733. The summed E-state index contributed by atoms with van der Waals surface area (Å²) < 4.78 is 1.41. The van der Waals surface area contributed by atoms with Crippen LogP contribution in [0.5, 0.6) is 0 Å². The van der Waals surface area contributed by atoms with Crippen LogP contribution in [0.3, 0.4) is 0 Å². The van der Waals surface area contributed by atoms with Gasteiger partial charge in [0, 0.05) is 19.7 Å². The van der Waals surface area contributed by atoms with E-state index < -0.39 is 0 Å². The molecule has 1 saturated carbocycles. The summed E-state index contributed by atoms with van der Waals surface area (Å²) in [6.07, 6.45) is 4.95. The summed E-state index contributed by atoms with van der Waals surface area (Å²) >= 11 is 6.15. The monoisotopic (exact) mass is 313 g/mol. The molecule has 1 aromatic rings. The van der Waals surface area contributed by atoms with Crippen LogP contribution in [-0.4, -0.2) is 28.0 Å². The highest BCUT2D eigenvalue weighted by Crippen LogP contribution is 2.31. The van der Waals surface area contributed by atoms with Gasteiger partial charge in [0.25, 0.3) is 5.56 Å². The highest BCUT2D eigenvalue weighted by molar-refractivity contribution is 6.32. The molecule has 1 aliphatic carbocycles. The van der Waals surface area contributed by atoms with Crippen molar-refractivity contribution in [3.05, 3.63) is 21.6 Å². The maximum Gasteiger partial charge on any atom is 0.287 e. The summed E-state index contributed by atoms with van der Waals surface area (Å²) in [4.78, 5) is 12.1. The predicted molar refractivity (Wildman–Crippen MR) is 84.8 cm³/mol. The third kappa shape index (κ3) is 3.98. The maximum atomic E-state index is 12.1. The van der Waals surface area contributed by atoms with Crippen molar-refractivity contribution in [2.75, 3.05) is 18.5 Å². The molecule has 2 N–H and O–H groups in total. The second-order valence-corrected chi connectivity index (χ2v) is 6.65. The Balaban J connectivity index is 2.04. The van der Waals surface area contributed by atoms with Crippen LogP contribution in [-0.2, 0) is 6.54 Å². The van der Waals surface area contributed by atoms with Gasteiger partial charge in [-0.05, 0) is 30.6 Å². The molecule has 2 atom stereocenters. The van der Waals surface area contributed by atoms with Gasteiger partial charge in [-0.25, -0.2) is 4.68 Å². The van der Waals surface area contributed by atoms with Gasteiger partial charge in [-0.15, -0.1) is 0 Å². The van der Waals surface area contributed by atoms with Crippen LogP contribution in [0, 0.1) is 17.8 Å². The highest BCUT2D eigenvalue weighted by Gasteiger charge is 2.26. The lowest BCUT2D eigenvalue weighted by atomic mass is 9.97. The van der Waals surface area contributed by atoms with E-state index in [1.54, 1.807) is 6.20 Å². The summed E-state index contributed by atoms with van der Waals surface area (Å²) in [6.45, 7) is 5.58.